The summed E-state index contributed by atoms with van der Waals surface area (Å²) < 4.78 is 0. The first kappa shape index (κ1) is 14.8. The molecule has 1 fully saturated rings. The normalized spacial score (nSPS) is 19.9. The molecule has 0 bridgehead atoms. The molecule has 2 N–H and O–H groups in total. The van der Waals surface area contributed by atoms with E-state index in [1.54, 1.807) is 23.1 Å². The van der Waals surface area contributed by atoms with Gasteiger partial charge in [0.15, 0.2) is 0 Å². The van der Waals surface area contributed by atoms with Crippen LogP contribution in [0.1, 0.15) is 43.4 Å². The largest absolute Gasteiger partial charge is 0.380 e. The van der Waals surface area contributed by atoms with E-state index < -0.39 is 5.60 Å². The van der Waals surface area contributed by atoms with E-state index in [4.69, 9.17) is 0 Å². The standard InChI is InChI=1S/C13H20N2O2S2/c1-3-11-15-10(8-19-11)9(2)14-12(16)13(17)4-6-18-7-5-13/h8-9,17H,3-7H2,1-2H3,(H,14,16). The van der Waals surface area contributed by atoms with E-state index in [9.17, 15) is 9.90 Å². The lowest BCUT2D eigenvalue weighted by molar-refractivity contribution is -0.141. The number of nitrogens with one attached hydrogen (secondary N) is 1. The number of thiazole rings is 1. The van der Waals surface area contributed by atoms with Crippen molar-refractivity contribution in [3.05, 3.63) is 16.1 Å². The highest BCUT2D eigenvalue weighted by atomic mass is 32.2. The monoisotopic (exact) mass is 300 g/mol. The van der Waals surface area contributed by atoms with Gasteiger partial charge in [0.25, 0.3) is 5.91 Å². The van der Waals surface area contributed by atoms with E-state index in [0.29, 0.717) is 12.8 Å². The Balaban J connectivity index is 1.97. The average molecular weight is 300 g/mol. The van der Waals surface area contributed by atoms with Crippen molar-refractivity contribution < 1.29 is 9.90 Å². The number of carbonyl (C=O) groups excluding carboxylic acids is 1. The van der Waals surface area contributed by atoms with Gasteiger partial charge in [-0.3, -0.25) is 4.79 Å². The van der Waals surface area contributed by atoms with Crippen LogP contribution >= 0.6 is 23.1 Å². The van der Waals surface area contributed by atoms with Crippen molar-refractivity contribution in [2.24, 2.45) is 0 Å². The van der Waals surface area contributed by atoms with Crippen LogP contribution in [0.3, 0.4) is 0 Å². The number of aromatic nitrogens is 1. The number of hydrogen-bond donors (Lipinski definition) is 2. The molecule has 1 aromatic heterocycles. The molecule has 1 aromatic rings. The van der Waals surface area contributed by atoms with Crippen molar-refractivity contribution in [2.75, 3.05) is 11.5 Å². The quantitative estimate of drug-likeness (QED) is 0.894. The van der Waals surface area contributed by atoms with Crippen LogP contribution in [0.2, 0.25) is 0 Å². The van der Waals surface area contributed by atoms with Crippen LogP contribution in [0.15, 0.2) is 5.38 Å². The second-order valence-electron chi connectivity index (χ2n) is 4.86. The highest BCUT2D eigenvalue weighted by molar-refractivity contribution is 7.99. The summed E-state index contributed by atoms with van der Waals surface area (Å²) in [6, 6.07) is -0.150. The summed E-state index contributed by atoms with van der Waals surface area (Å²) >= 11 is 3.40. The van der Waals surface area contributed by atoms with E-state index in [2.05, 4.69) is 17.2 Å². The van der Waals surface area contributed by atoms with Gasteiger partial charge in [-0.2, -0.15) is 11.8 Å². The first-order chi connectivity index (χ1) is 9.05. The molecule has 0 spiro atoms. The van der Waals surface area contributed by atoms with E-state index in [-0.39, 0.29) is 11.9 Å². The Morgan fingerprint density at radius 3 is 2.84 bits per heavy atom. The van der Waals surface area contributed by atoms with Crippen molar-refractivity contribution in [1.82, 2.24) is 10.3 Å². The minimum absolute atomic E-state index is 0.150. The van der Waals surface area contributed by atoms with E-state index in [1.165, 1.54) is 0 Å². The van der Waals surface area contributed by atoms with Crippen LogP contribution in [0.4, 0.5) is 0 Å². The minimum atomic E-state index is -1.19. The topological polar surface area (TPSA) is 62.2 Å². The summed E-state index contributed by atoms with van der Waals surface area (Å²) in [7, 11) is 0. The molecule has 0 saturated carbocycles. The zero-order valence-corrected chi connectivity index (χ0v) is 12.9. The first-order valence-corrected chi connectivity index (χ1v) is 8.64. The zero-order chi connectivity index (χ0) is 13.9. The van der Waals surface area contributed by atoms with E-state index >= 15 is 0 Å². The van der Waals surface area contributed by atoms with Gasteiger partial charge in [-0.05, 0) is 37.7 Å². The molecule has 2 rings (SSSR count). The Morgan fingerprint density at radius 2 is 2.26 bits per heavy atom. The number of amides is 1. The van der Waals surface area contributed by atoms with Crippen LogP contribution in [-0.2, 0) is 11.2 Å². The van der Waals surface area contributed by atoms with Gasteiger partial charge in [0, 0.05) is 5.38 Å². The van der Waals surface area contributed by atoms with Gasteiger partial charge in [0.05, 0.1) is 16.7 Å². The van der Waals surface area contributed by atoms with E-state index in [1.807, 2.05) is 12.3 Å². The molecule has 0 aliphatic carbocycles. The molecular weight excluding hydrogens is 280 g/mol. The van der Waals surface area contributed by atoms with Crippen molar-refractivity contribution in [3.8, 4) is 0 Å². The SMILES string of the molecule is CCc1nc(C(C)NC(=O)C2(O)CCSCC2)cs1. The highest BCUT2D eigenvalue weighted by Gasteiger charge is 2.38. The number of thioether (sulfide) groups is 1. The number of rotatable bonds is 4. The summed E-state index contributed by atoms with van der Waals surface area (Å²) in [6.45, 7) is 3.97. The van der Waals surface area contributed by atoms with Gasteiger partial charge < -0.3 is 10.4 Å². The Hall–Kier alpha value is -0.590. The smallest absolute Gasteiger partial charge is 0.252 e. The molecular formula is C13H20N2O2S2. The van der Waals surface area contributed by atoms with E-state index in [0.717, 1.165) is 28.6 Å². The van der Waals surface area contributed by atoms with Crippen LogP contribution in [0.25, 0.3) is 0 Å². The third-order valence-electron chi connectivity index (χ3n) is 3.41. The number of carbonyl (C=O) groups is 1. The third kappa shape index (κ3) is 3.49. The fourth-order valence-electron chi connectivity index (χ4n) is 2.03. The Labute approximate surface area is 122 Å². The summed E-state index contributed by atoms with van der Waals surface area (Å²) in [6.07, 6.45) is 1.98. The number of aliphatic hydroxyl groups is 1. The lowest BCUT2D eigenvalue weighted by atomic mass is 9.95. The lowest BCUT2D eigenvalue weighted by Gasteiger charge is -2.31. The van der Waals surface area contributed by atoms with Crippen LogP contribution in [0, 0.1) is 0 Å². The van der Waals surface area contributed by atoms with Gasteiger partial charge in [0.2, 0.25) is 0 Å². The summed E-state index contributed by atoms with van der Waals surface area (Å²) in [5, 5.41) is 16.3. The van der Waals surface area contributed by atoms with Gasteiger partial charge in [-0.25, -0.2) is 4.98 Å². The highest BCUT2D eigenvalue weighted by Crippen LogP contribution is 2.28. The third-order valence-corrected chi connectivity index (χ3v) is 5.40. The molecule has 106 valence electrons. The second-order valence-corrected chi connectivity index (χ2v) is 7.03. The number of nitrogens with zero attached hydrogens (tertiary/aromatic N) is 1. The van der Waals surface area contributed by atoms with Gasteiger partial charge >= 0.3 is 0 Å². The van der Waals surface area contributed by atoms with Gasteiger partial charge in [0.1, 0.15) is 5.60 Å². The molecule has 4 nitrogen and oxygen atoms in total. The molecule has 19 heavy (non-hydrogen) atoms. The Kier molecular flexibility index (Phi) is 4.86. The maximum absolute atomic E-state index is 12.2. The zero-order valence-electron chi connectivity index (χ0n) is 11.3. The Bertz CT molecular complexity index is 442. The van der Waals surface area contributed by atoms with Crippen LogP contribution < -0.4 is 5.32 Å². The molecule has 1 unspecified atom stereocenters. The van der Waals surface area contributed by atoms with Gasteiger partial charge in [-0.1, -0.05) is 6.92 Å². The van der Waals surface area contributed by atoms with Crippen molar-refractivity contribution in [1.29, 1.82) is 0 Å². The predicted octanol–water partition coefficient (Wildman–Crippen LogP) is 2.14. The Morgan fingerprint density at radius 1 is 1.58 bits per heavy atom. The summed E-state index contributed by atoms with van der Waals surface area (Å²) in [5.41, 5.74) is -0.313. The van der Waals surface area contributed by atoms with Gasteiger partial charge in [-0.15, -0.1) is 11.3 Å². The molecule has 2 heterocycles. The summed E-state index contributed by atoms with van der Waals surface area (Å²) in [5.74, 6) is 1.43. The average Bonchev–Trinajstić information content (AvgIpc) is 2.88. The maximum Gasteiger partial charge on any atom is 0.252 e. The minimum Gasteiger partial charge on any atom is -0.380 e. The molecule has 1 aliphatic heterocycles. The number of aryl methyl sites for hydroxylation is 1. The van der Waals surface area contributed by atoms with Crippen molar-refractivity contribution in [2.45, 2.75) is 44.8 Å². The van der Waals surface area contributed by atoms with Crippen LogP contribution in [-0.4, -0.2) is 33.1 Å². The molecule has 0 aromatic carbocycles. The predicted molar refractivity (Wildman–Crippen MR) is 79.6 cm³/mol. The molecule has 1 atom stereocenters. The first-order valence-electron chi connectivity index (χ1n) is 6.60. The number of hydrogen-bond acceptors (Lipinski definition) is 5. The second kappa shape index (κ2) is 6.24. The lowest BCUT2D eigenvalue weighted by Crippen LogP contribution is -2.49. The van der Waals surface area contributed by atoms with Crippen molar-refractivity contribution in [3.63, 3.8) is 0 Å². The molecule has 0 radical (unpaired) electrons. The fourth-order valence-corrected chi connectivity index (χ4v) is 4.03. The molecule has 1 amide bonds. The molecule has 1 aliphatic rings. The summed E-state index contributed by atoms with van der Waals surface area (Å²) in [4.78, 5) is 16.7. The van der Waals surface area contributed by atoms with Crippen LogP contribution in [0.5, 0.6) is 0 Å². The molecule has 1 saturated heterocycles. The fraction of sp³-hybridized carbons (Fsp3) is 0.692. The van der Waals surface area contributed by atoms with Crippen molar-refractivity contribution >= 4 is 29.0 Å². The molecule has 6 heteroatoms. The maximum atomic E-state index is 12.2.